The molecule has 25 heavy (non-hydrogen) atoms. The molecule has 1 aromatic heterocycles. The van der Waals surface area contributed by atoms with Crippen molar-refractivity contribution in [3.8, 4) is 5.75 Å². The van der Waals surface area contributed by atoms with E-state index >= 15 is 0 Å². The van der Waals surface area contributed by atoms with Gasteiger partial charge in [-0.2, -0.15) is 13.2 Å². The Morgan fingerprint density at radius 1 is 1.20 bits per heavy atom. The molecule has 0 saturated heterocycles. The lowest BCUT2D eigenvalue weighted by atomic mass is 10.0. The number of halogens is 3. The molecular formula is C18H16F3N3O. The highest BCUT2D eigenvalue weighted by Crippen LogP contribution is 2.29. The van der Waals surface area contributed by atoms with Crippen molar-refractivity contribution in [3.05, 3.63) is 58.7 Å². The van der Waals surface area contributed by atoms with Crippen LogP contribution in [0.1, 0.15) is 22.6 Å². The SMILES string of the molecule is FC(F)(F)c1ncc2c(n1)CCN(CC1=Cc3ccccc3OC1)C2. The summed E-state index contributed by atoms with van der Waals surface area (Å²) in [5, 5.41) is 0. The Labute approximate surface area is 143 Å². The van der Waals surface area contributed by atoms with Gasteiger partial charge >= 0.3 is 6.18 Å². The number of hydrogen-bond acceptors (Lipinski definition) is 4. The molecule has 0 saturated carbocycles. The quantitative estimate of drug-likeness (QED) is 0.835. The van der Waals surface area contributed by atoms with Crippen LogP contribution in [0.4, 0.5) is 13.2 Å². The van der Waals surface area contributed by atoms with Crippen molar-refractivity contribution in [2.45, 2.75) is 19.1 Å². The number of aromatic nitrogens is 2. The minimum Gasteiger partial charge on any atom is -0.489 e. The molecule has 2 aliphatic rings. The van der Waals surface area contributed by atoms with Gasteiger partial charge in [-0.15, -0.1) is 0 Å². The van der Waals surface area contributed by atoms with E-state index < -0.39 is 12.0 Å². The molecule has 1 aromatic carbocycles. The molecule has 4 nitrogen and oxygen atoms in total. The molecule has 7 heteroatoms. The van der Waals surface area contributed by atoms with E-state index in [0.29, 0.717) is 31.8 Å². The van der Waals surface area contributed by atoms with Crippen LogP contribution in [0.15, 0.2) is 36.0 Å². The third-order valence-corrected chi connectivity index (χ3v) is 4.38. The largest absolute Gasteiger partial charge is 0.489 e. The summed E-state index contributed by atoms with van der Waals surface area (Å²) in [4.78, 5) is 9.35. The maximum Gasteiger partial charge on any atom is 0.451 e. The minimum atomic E-state index is -4.50. The maximum atomic E-state index is 12.7. The average molecular weight is 347 g/mol. The average Bonchev–Trinajstić information content (AvgIpc) is 2.60. The fourth-order valence-electron chi connectivity index (χ4n) is 3.19. The van der Waals surface area contributed by atoms with Crippen molar-refractivity contribution in [2.24, 2.45) is 0 Å². The van der Waals surface area contributed by atoms with Gasteiger partial charge in [-0.05, 0) is 17.7 Å². The molecular weight excluding hydrogens is 331 g/mol. The molecule has 0 amide bonds. The molecule has 130 valence electrons. The van der Waals surface area contributed by atoms with Crippen LogP contribution in [0.25, 0.3) is 6.08 Å². The molecule has 0 N–H and O–H groups in total. The number of nitrogens with zero attached hydrogens (tertiary/aromatic N) is 3. The summed E-state index contributed by atoms with van der Waals surface area (Å²) in [6.07, 6.45) is -0.578. The van der Waals surface area contributed by atoms with Gasteiger partial charge in [0.05, 0.1) is 5.69 Å². The molecule has 0 aliphatic carbocycles. The molecule has 0 radical (unpaired) electrons. The molecule has 0 atom stereocenters. The topological polar surface area (TPSA) is 38.2 Å². The van der Waals surface area contributed by atoms with Gasteiger partial charge < -0.3 is 4.74 Å². The molecule has 3 heterocycles. The van der Waals surface area contributed by atoms with Gasteiger partial charge in [-0.25, -0.2) is 9.97 Å². The van der Waals surface area contributed by atoms with E-state index in [9.17, 15) is 13.2 Å². The van der Waals surface area contributed by atoms with Gasteiger partial charge in [0.25, 0.3) is 0 Å². The van der Waals surface area contributed by atoms with Crippen molar-refractivity contribution in [2.75, 3.05) is 19.7 Å². The molecule has 0 spiro atoms. The van der Waals surface area contributed by atoms with E-state index in [2.05, 4.69) is 20.9 Å². The van der Waals surface area contributed by atoms with Gasteiger partial charge in [-0.1, -0.05) is 18.2 Å². The lowest BCUT2D eigenvalue weighted by molar-refractivity contribution is -0.145. The Hall–Kier alpha value is -2.41. The second-order valence-electron chi connectivity index (χ2n) is 6.25. The van der Waals surface area contributed by atoms with Gasteiger partial charge in [0.1, 0.15) is 12.4 Å². The second-order valence-corrected chi connectivity index (χ2v) is 6.25. The zero-order chi connectivity index (χ0) is 17.4. The van der Waals surface area contributed by atoms with E-state index in [-0.39, 0.29) is 0 Å². The Bertz CT molecular complexity index is 833. The number of para-hydroxylation sites is 1. The number of hydrogen-bond donors (Lipinski definition) is 0. The van der Waals surface area contributed by atoms with Crippen LogP contribution >= 0.6 is 0 Å². The van der Waals surface area contributed by atoms with Crippen molar-refractivity contribution in [3.63, 3.8) is 0 Å². The molecule has 0 unspecified atom stereocenters. The van der Waals surface area contributed by atoms with Gasteiger partial charge in [0.2, 0.25) is 5.82 Å². The highest BCUT2D eigenvalue weighted by atomic mass is 19.4. The third-order valence-electron chi connectivity index (χ3n) is 4.38. The highest BCUT2D eigenvalue weighted by molar-refractivity contribution is 5.62. The summed E-state index contributed by atoms with van der Waals surface area (Å²) in [5.74, 6) is -0.178. The van der Waals surface area contributed by atoms with Gasteiger partial charge in [0, 0.05) is 43.4 Å². The molecule has 2 aliphatic heterocycles. The highest BCUT2D eigenvalue weighted by Gasteiger charge is 2.35. The monoisotopic (exact) mass is 347 g/mol. The van der Waals surface area contributed by atoms with Crippen molar-refractivity contribution >= 4 is 6.08 Å². The fourth-order valence-corrected chi connectivity index (χ4v) is 3.19. The van der Waals surface area contributed by atoms with E-state index in [4.69, 9.17) is 4.74 Å². The lowest BCUT2D eigenvalue weighted by Crippen LogP contribution is -2.34. The Balaban J connectivity index is 1.48. The lowest BCUT2D eigenvalue weighted by Gasteiger charge is -2.30. The summed E-state index contributed by atoms with van der Waals surface area (Å²) < 4.78 is 43.9. The normalized spacial score (nSPS) is 17.3. The van der Waals surface area contributed by atoms with Crippen LogP contribution in [-0.2, 0) is 19.1 Å². The predicted molar refractivity (Wildman–Crippen MR) is 85.9 cm³/mol. The predicted octanol–water partition coefficient (Wildman–Crippen LogP) is 3.33. The van der Waals surface area contributed by atoms with Crippen LogP contribution in [0.5, 0.6) is 5.75 Å². The molecule has 0 fully saturated rings. The minimum absolute atomic E-state index is 0.492. The number of alkyl halides is 3. The first kappa shape index (κ1) is 16.1. The smallest absolute Gasteiger partial charge is 0.451 e. The van der Waals surface area contributed by atoms with Crippen LogP contribution in [0.2, 0.25) is 0 Å². The Kier molecular flexibility index (Phi) is 3.95. The van der Waals surface area contributed by atoms with Crippen LogP contribution < -0.4 is 4.74 Å². The maximum absolute atomic E-state index is 12.7. The summed E-state index contributed by atoms with van der Waals surface area (Å²) >= 11 is 0. The zero-order valence-electron chi connectivity index (χ0n) is 13.4. The zero-order valence-corrected chi connectivity index (χ0v) is 13.4. The van der Waals surface area contributed by atoms with Gasteiger partial charge in [0.15, 0.2) is 0 Å². The summed E-state index contributed by atoms with van der Waals surface area (Å²) in [7, 11) is 0. The van der Waals surface area contributed by atoms with Crippen molar-refractivity contribution in [1.29, 1.82) is 0 Å². The summed E-state index contributed by atoms with van der Waals surface area (Å²) in [5.41, 5.74) is 3.46. The van der Waals surface area contributed by atoms with E-state index in [1.165, 1.54) is 6.20 Å². The number of ether oxygens (including phenoxy) is 1. The molecule has 4 rings (SSSR count). The Morgan fingerprint density at radius 3 is 2.88 bits per heavy atom. The van der Waals surface area contributed by atoms with Crippen LogP contribution in [-0.4, -0.2) is 34.6 Å². The van der Waals surface area contributed by atoms with E-state index in [1.807, 2.05) is 24.3 Å². The van der Waals surface area contributed by atoms with Crippen molar-refractivity contribution < 1.29 is 17.9 Å². The number of fused-ring (bicyclic) bond motifs is 2. The summed E-state index contributed by atoms with van der Waals surface area (Å²) in [6, 6.07) is 7.85. The van der Waals surface area contributed by atoms with Crippen LogP contribution in [0, 0.1) is 0 Å². The summed E-state index contributed by atoms with van der Waals surface area (Å²) in [6.45, 7) is 2.46. The second kappa shape index (κ2) is 6.15. The molecule has 2 aromatic rings. The first-order valence-electron chi connectivity index (χ1n) is 8.05. The van der Waals surface area contributed by atoms with E-state index in [0.717, 1.165) is 29.0 Å². The van der Waals surface area contributed by atoms with Gasteiger partial charge in [-0.3, -0.25) is 4.90 Å². The van der Waals surface area contributed by atoms with Crippen molar-refractivity contribution in [1.82, 2.24) is 14.9 Å². The Morgan fingerprint density at radius 2 is 2.04 bits per heavy atom. The first-order valence-corrected chi connectivity index (χ1v) is 8.05. The number of benzene rings is 1. The van der Waals surface area contributed by atoms with Crippen LogP contribution in [0.3, 0.4) is 0 Å². The third kappa shape index (κ3) is 3.37. The number of rotatable bonds is 2. The fraction of sp³-hybridized carbons (Fsp3) is 0.333. The standard InChI is InChI=1S/C18H16F3N3O/c19-18(20,21)17-22-8-14-10-24(6-5-15(14)23-17)9-12-7-13-3-1-2-4-16(13)25-11-12/h1-4,7-8H,5-6,9-11H2. The molecule has 0 bridgehead atoms. The first-order chi connectivity index (χ1) is 12.0. The van der Waals surface area contributed by atoms with E-state index in [1.54, 1.807) is 0 Å².